The van der Waals surface area contributed by atoms with Crippen LogP contribution in [0.4, 0.5) is 0 Å². The second-order valence-electron chi connectivity index (χ2n) is 9.35. The number of hydrogen-bond acceptors (Lipinski definition) is 5. The van der Waals surface area contributed by atoms with Gasteiger partial charge in [-0.1, -0.05) is 74.0 Å². The number of ether oxygens (including phenoxy) is 2. The first-order valence-electron chi connectivity index (χ1n) is 12.4. The Morgan fingerprint density at radius 2 is 1.57 bits per heavy atom. The lowest BCUT2D eigenvalue weighted by molar-refractivity contribution is -0.130. The maximum atomic E-state index is 12.8. The first-order chi connectivity index (χ1) is 17.8. The summed E-state index contributed by atoms with van der Waals surface area (Å²) in [4.78, 5) is 25.3. The van der Waals surface area contributed by atoms with Crippen LogP contribution in [0, 0.1) is 19.8 Å². The minimum Gasteiger partial charge on any atom is -0.488 e. The fourth-order valence-electron chi connectivity index (χ4n) is 3.61. The Kier molecular flexibility index (Phi) is 10.3. The molecule has 0 saturated carbocycles. The lowest BCUT2D eigenvalue weighted by Crippen LogP contribution is -2.47. The number of benzene rings is 3. The molecular weight excluding hydrogens is 466 g/mol. The maximum absolute atomic E-state index is 12.8. The van der Waals surface area contributed by atoms with Crippen molar-refractivity contribution in [3.63, 3.8) is 0 Å². The third kappa shape index (κ3) is 9.11. The standard InChI is InChI=1S/C30H35N3O4/c1-21(2)17-26(32-29(34)20-37-27-11-7-5-9-23(27)4)30(35)33-31-18-25-10-6-8-12-28(25)36-19-24-15-13-22(3)14-16-24/h5-16,18,21,26H,17,19-20H2,1-4H3,(H,32,34)(H,33,35)/b31-18-/t26-/m1/s1. The van der Waals surface area contributed by atoms with E-state index >= 15 is 0 Å². The number of aryl methyl sites for hydroxylation is 2. The molecule has 3 aromatic carbocycles. The summed E-state index contributed by atoms with van der Waals surface area (Å²) in [5, 5.41) is 6.89. The molecule has 0 fully saturated rings. The van der Waals surface area contributed by atoms with E-state index in [9.17, 15) is 9.59 Å². The van der Waals surface area contributed by atoms with Crippen molar-refractivity contribution in [2.75, 3.05) is 6.61 Å². The smallest absolute Gasteiger partial charge is 0.262 e. The largest absolute Gasteiger partial charge is 0.488 e. The molecule has 3 aromatic rings. The van der Waals surface area contributed by atoms with E-state index in [-0.39, 0.29) is 18.4 Å². The summed E-state index contributed by atoms with van der Waals surface area (Å²) in [6.45, 7) is 8.17. The van der Waals surface area contributed by atoms with E-state index in [1.807, 2.05) is 94.4 Å². The fourth-order valence-corrected chi connectivity index (χ4v) is 3.61. The average Bonchev–Trinajstić information content (AvgIpc) is 2.88. The van der Waals surface area contributed by atoms with Gasteiger partial charge in [0, 0.05) is 5.56 Å². The number of carbonyl (C=O) groups excluding carboxylic acids is 2. The Balaban J connectivity index is 1.57. The normalized spacial score (nSPS) is 11.8. The molecule has 37 heavy (non-hydrogen) atoms. The van der Waals surface area contributed by atoms with Crippen LogP contribution in [0.15, 0.2) is 77.9 Å². The van der Waals surface area contributed by atoms with Crippen LogP contribution in [-0.4, -0.2) is 30.7 Å². The zero-order valence-electron chi connectivity index (χ0n) is 21.9. The monoisotopic (exact) mass is 501 g/mol. The third-order valence-electron chi connectivity index (χ3n) is 5.62. The van der Waals surface area contributed by atoms with E-state index in [1.54, 1.807) is 6.07 Å². The Bertz CT molecular complexity index is 1210. The van der Waals surface area contributed by atoms with Gasteiger partial charge in [-0.3, -0.25) is 9.59 Å². The summed E-state index contributed by atoms with van der Waals surface area (Å²) in [5.41, 5.74) is 6.47. The molecule has 0 aromatic heterocycles. The van der Waals surface area contributed by atoms with E-state index < -0.39 is 11.9 Å². The Morgan fingerprint density at radius 3 is 2.27 bits per heavy atom. The van der Waals surface area contributed by atoms with Crippen molar-refractivity contribution < 1.29 is 19.1 Å². The Labute approximate surface area is 218 Å². The van der Waals surface area contributed by atoms with Crippen molar-refractivity contribution in [2.45, 2.75) is 46.8 Å². The summed E-state index contributed by atoms with van der Waals surface area (Å²) in [6, 6.07) is 22.3. The molecule has 3 rings (SSSR count). The van der Waals surface area contributed by atoms with Gasteiger partial charge in [0.15, 0.2) is 6.61 Å². The molecule has 2 amide bonds. The summed E-state index contributed by atoms with van der Waals surface area (Å²) in [5.74, 6) is 0.709. The first kappa shape index (κ1) is 27.5. The lowest BCUT2D eigenvalue weighted by Gasteiger charge is -2.19. The molecule has 2 N–H and O–H groups in total. The molecule has 7 heteroatoms. The van der Waals surface area contributed by atoms with E-state index in [1.165, 1.54) is 11.8 Å². The topological polar surface area (TPSA) is 89.0 Å². The molecule has 0 aliphatic rings. The number of amides is 2. The van der Waals surface area contributed by atoms with Gasteiger partial charge in [0.05, 0.1) is 6.21 Å². The highest BCUT2D eigenvalue weighted by Gasteiger charge is 2.22. The van der Waals surface area contributed by atoms with Gasteiger partial charge in [0.25, 0.3) is 11.8 Å². The highest BCUT2D eigenvalue weighted by molar-refractivity contribution is 5.89. The Hall–Kier alpha value is -4.13. The van der Waals surface area contributed by atoms with Crippen molar-refractivity contribution in [3.05, 3.63) is 95.1 Å². The van der Waals surface area contributed by atoms with Gasteiger partial charge in [0.1, 0.15) is 24.1 Å². The van der Waals surface area contributed by atoms with Crippen molar-refractivity contribution >= 4 is 18.0 Å². The molecule has 0 spiro atoms. The van der Waals surface area contributed by atoms with Crippen LogP contribution in [-0.2, 0) is 16.2 Å². The van der Waals surface area contributed by atoms with E-state index in [4.69, 9.17) is 9.47 Å². The minimum absolute atomic E-state index is 0.179. The van der Waals surface area contributed by atoms with E-state index in [2.05, 4.69) is 15.8 Å². The number of hydrazone groups is 1. The maximum Gasteiger partial charge on any atom is 0.262 e. The van der Waals surface area contributed by atoms with Gasteiger partial charge in [-0.15, -0.1) is 0 Å². The molecule has 7 nitrogen and oxygen atoms in total. The number of nitrogens with one attached hydrogen (secondary N) is 2. The average molecular weight is 502 g/mol. The predicted molar refractivity (Wildman–Crippen MR) is 146 cm³/mol. The summed E-state index contributed by atoms with van der Waals surface area (Å²) >= 11 is 0. The van der Waals surface area contributed by atoms with Crippen molar-refractivity contribution in [1.82, 2.24) is 10.7 Å². The molecule has 194 valence electrons. The number of para-hydroxylation sites is 2. The number of rotatable bonds is 12. The molecule has 0 aliphatic carbocycles. The number of hydrogen-bond donors (Lipinski definition) is 2. The van der Waals surface area contributed by atoms with E-state index in [0.29, 0.717) is 24.5 Å². The van der Waals surface area contributed by atoms with Crippen LogP contribution in [0.2, 0.25) is 0 Å². The molecule has 0 saturated heterocycles. The highest BCUT2D eigenvalue weighted by Crippen LogP contribution is 2.18. The predicted octanol–water partition coefficient (Wildman–Crippen LogP) is 4.94. The minimum atomic E-state index is -0.738. The van der Waals surface area contributed by atoms with E-state index in [0.717, 1.165) is 16.7 Å². The van der Waals surface area contributed by atoms with Crippen LogP contribution in [0.3, 0.4) is 0 Å². The molecule has 0 aliphatic heterocycles. The summed E-state index contributed by atoms with van der Waals surface area (Å²) < 4.78 is 11.6. The molecular formula is C30H35N3O4. The van der Waals surface area contributed by atoms with Crippen molar-refractivity contribution in [2.24, 2.45) is 11.0 Å². The van der Waals surface area contributed by atoms with Gasteiger partial charge < -0.3 is 14.8 Å². The van der Waals surface area contributed by atoms with Crippen LogP contribution in [0.5, 0.6) is 11.5 Å². The van der Waals surface area contributed by atoms with Crippen LogP contribution >= 0.6 is 0 Å². The van der Waals surface area contributed by atoms with Gasteiger partial charge in [0.2, 0.25) is 0 Å². The van der Waals surface area contributed by atoms with Crippen LogP contribution in [0.1, 0.15) is 42.5 Å². The number of carbonyl (C=O) groups is 2. The molecule has 0 bridgehead atoms. The van der Waals surface area contributed by atoms with Gasteiger partial charge in [-0.25, -0.2) is 5.43 Å². The number of nitrogens with zero attached hydrogens (tertiary/aromatic N) is 1. The fraction of sp³-hybridized carbons (Fsp3) is 0.300. The molecule has 1 atom stereocenters. The van der Waals surface area contributed by atoms with Crippen molar-refractivity contribution in [3.8, 4) is 11.5 Å². The SMILES string of the molecule is Cc1ccc(COc2ccccc2/C=N\NC(=O)[C@@H](CC(C)C)NC(=O)COc2ccccc2C)cc1. The van der Waals surface area contributed by atoms with Crippen LogP contribution in [0.25, 0.3) is 0 Å². The van der Waals surface area contributed by atoms with Gasteiger partial charge in [-0.05, 0) is 55.5 Å². The first-order valence-corrected chi connectivity index (χ1v) is 12.4. The molecule has 0 heterocycles. The molecule has 0 radical (unpaired) electrons. The second-order valence-corrected chi connectivity index (χ2v) is 9.35. The van der Waals surface area contributed by atoms with Crippen LogP contribution < -0.4 is 20.2 Å². The van der Waals surface area contributed by atoms with Gasteiger partial charge in [-0.2, -0.15) is 5.10 Å². The van der Waals surface area contributed by atoms with Gasteiger partial charge >= 0.3 is 0 Å². The highest BCUT2D eigenvalue weighted by atomic mass is 16.5. The molecule has 0 unspecified atom stereocenters. The quantitative estimate of drug-likeness (QED) is 0.272. The second kappa shape index (κ2) is 13.8. The van der Waals surface area contributed by atoms with Crippen molar-refractivity contribution in [1.29, 1.82) is 0 Å². The Morgan fingerprint density at radius 1 is 0.892 bits per heavy atom. The lowest BCUT2D eigenvalue weighted by atomic mass is 10.0. The zero-order chi connectivity index (χ0) is 26.6. The summed E-state index contributed by atoms with van der Waals surface area (Å²) in [7, 11) is 0. The third-order valence-corrected chi connectivity index (χ3v) is 5.62. The zero-order valence-corrected chi connectivity index (χ0v) is 21.9. The summed E-state index contributed by atoms with van der Waals surface area (Å²) in [6.07, 6.45) is 2.01.